The lowest BCUT2D eigenvalue weighted by Crippen LogP contribution is -2.34. The third-order valence-electron chi connectivity index (χ3n) is 1.36. The number of amides is 1. The minimum absolute atomic E-state index is 0.0301. The smallest absolute Gasteiger partial charge is 0.408 e. The molecule has 0 spiro atoms. The van der Waals surface area contributed by atoms with Crippen LogP contribution in [-0.4, -0.2) is 39.6 Å². The summed E-state index contributed by atoms with van der Waals surface area (Å²) < 4.78 is 0. The van der Waals surface area contributed by atoms with E-state index in [4.69, 9.17) is 10.2 Å². The Hall–Kier alpha value is -1.17. The molecule has 0 radical (unpaired) electrons. The number of rotatable bonds is 1. The number of hydrogen-bond acceptors (Lipinski definition) is 3. The van der Waals surface area contributed by atoms with Crippen molar-refractivity contribution in [2.45, 2.75) is 0 Å². The van der Waals surface area contributed by atoms with E-state index in [0.717, 1.165) is 4.90 Å². The van der Waals surface area contributed by atoms with Gasteiger partial charge >= 0.3 is 12.1 Å². The van der Waals surface area contributed by atoms with Gasteiger partial charge in [-0.25, -0.2) is 9.59 Å². The topological polar surface area (TPSA) is 77.8 Å². The fourth-order valence-electron chi connectivity index (χ4n) is 0.757. The molecule has 1 aliphatic rings. The van der Waals surface area contributed by atoms with Crippen LogP contribution in [-0.2, 0) is 4.79 Å². The van der Waals surface area contributed by atoms with Crippen molar-refractivity contribution in [3.05, 3.63) is 11.0 Å². The predicted molar refractivity (Wildman–Crippen MR) is 42.9 cm³/mol. The molecule has 0 aromatic rings. The average Bonchev–Trinajstić information content (AvgIpc) is 2.04. The zero-order chi connectivity index (χ0) is 9.14. The van der Waals surface area contributed by atoms with Crippen molar-refractivity contribution in [1.82, 2.24) is 4.90 Å². The Morgan fingerprint density at radius 3 is 2.67 bits per heavy atom. The first kappa shape index (κ1) is 8.92. The third kappa shape index (κ3) is 1.91. The molecule has 66 valence electrons. The Kier molecular flexibility index (Phi) is 2.59. The van der Waals surface area contributed by atoms with Gasteiger partial charge in [0.1, 0.15) is 0 Å². The maximum absolute atomic E-state index is 10.4. The highest BCUT2D eigenvalue weighted by Crippen LogP contribution is 2.17. The largest absolute Gasteiger partial charge is 0.478 e. The molecule has 0 aromatic heterocycles. The van der Waals surface area contributed by atoms with E-state index < -0.39 is 12.1 Å². The lowest BCUT2D eigenvalue weighted by atomic mass is 10.3. The molecule has 2 N–H and O–H groups in total. The number of nitrogens with zero attached hydrogens (tertiary/aromatic N) is 1. The fraction of sp³-hybridized carbons (Fsp3) is 0.333. The Morgan fingerprint density at radius 2 is 2.17 bits per heavy atom. The maximum Gasteiger partial charge on any atom is 0.408 e. The van der Waals surface area contributed by atoms with Crippen LogP contribution in [0.2, 0.25) is 0 Å². The summed E-state index contributed by atoms with van der Waals surface area (Å²) in [6.07, 6.45) is -1.09. The monoisotopic (exact) mass is 189 g/mol. The molecular weight excluding hydrogens is 182 g/mol. The van der Waals surface area contributed by atoms with Crippen LogP contribution in [0.1, 0.15) is 0 Å². The molecular formula is C6H7NO4S. The molecule has 12 heavy (non-hydrogen) atoms. The van der Waals surface area contributed by atoms with Crippen LogP contribution in [0.5, 0.6) is 0 Å². The first-order valence-electron chi connectivity index (χ1n) is 3.13. The molecule has 0 bridgehead atoms. The molecule has 0 atom stereocenters. The van der Waals surface area contributed by atoms with Crippen LogP contribution in [0.4, 0.5) is 4.79 Å². The minimum atomic E-state index is -1.09. The molecule has 1 amide bonds. The fourth-order valence-corrected chi connectivity index (χ4v) is 1.59. The highest BCUT2D eigenvalue weighted by molar-refractivity contribution is 8.02. The summed E-state index contributed by atoms with van der Waals surface area (Å²) in [5.41, 5.74) is 0.119. The van der Waals surface area contributed by atoms with Crippen LogP contribution in [0.15, 0.2) is 11.0 Å². The molecule has 1 rings (SSSR count). The highest BCUT2D eigenvalue weighted by Gasteiger charge is 2.20. The molecule has 0 fully saturated rings. The Balaban J connectivity index is 2.65. The van der Waals surface area contributed by atoms with E-state index in [1.54, 1.807) is 0 Å². The van der Waals surface area contributed by atoms with Crippen molar-refractivity contribution < 1.29 is 19.8 Å². The standard InChI is InChI=1S/C6H7NO4S/c8-5(9)4-1-7(6(10)11)3-12-2-4/h2H,1,3H2,(H,8,9)(H,10,11). The second kappa shape index (κ2) is 3.48. The zero-order valence-corrected chi connectivity index (χ0v) is 6.87. The Bertz CT molecular complexity index is 250. The van der Waals surface area contributed by atoms with Crippen molar-refractivity contribution >= 4 is 23.8 Å². The van der Waals surface area contributed by atoms with Crippen LogP contribution < -0.4 is 0 Å². The van der Waals surface area contributed by atoms with Gasteiger partial charge in [-0.1, -0.05) is 0 Å². The van der Waals surface area contributed by atoms with E-state index in [0.29, 0.717) is 5.88 Å². The summed E-state index contributed by atoms with van der Waals surface area (Å²) in [6, 6.07) is 0. The van der Waals surface area contributed by atoms with Crippen LogP contribution in [0.3, 0.4) is 0 Å². The number of thioether (sulfide) groups is 1. The minimum Gasteiger partial charge on any atom is -0.478 e. The summed E-state index contributed by atoms with van der Waals surface area (Å²) in [5, 5.41) is 18.5. The third-order valence-corrected chi connectivity index (χ3v) is 2.27. The lowest BCUT2D eigenvalue weighted by Gasteiger charge is -2.21. The van der Waals surface area contributed by atoms with Crippen molar-refractivity contribution in [2.75, 3.05) is 12.4 Å². The van der Waals surface area contributed by atoms with Crippen molar-refractivity contribution in [2.24, 2.45) is 0 Å². The molecule has 1 heterocycles. The van der Waals surface area contributed by atoms with Gasteiger partial charge in [-0.05, 0) is 5.41 Å². The molecule has 0 unspecified atom stereocenters. The molecule has 0 saturated carbocycles. The van der Waals surface area contributed by atoms with Crippen LogP contribution in [0.25, 0.3) is 0 Å². The van der Waals surface area contributed by atoms with Gasteiger partial charge in [0.25, 0.3) is 0 Å². The highest BCUT2D eigenvalue weighted by atomic mass is 32.2. The quantitative estimate of drug-likeness (QED) is 0.632. The van der Waals surface area contributed by atoms with E-state index in [9.17, 15) is 9.59 Å². The summed E-state index contributed by atoms with van der Waals surface area (Å²) in [7, 11) is 0. The van der Waals surface area contributed by atoms with Crippen LogP contribution in [0, 0.1) is 0 Å². The maximum atomic E-state index is 10.4. The number of aliphatic carboxylic acids is 1. The molecule has 5 nitrogen and oxygen atoms in total. The van der Waals surface area contributed by atoms with Gasteiger partial charge in [0, 0.05) is 0 Å². The molecule has 1 aliphatic heterocycles. The number of carbonyl (C=O) groups is 2. The number of carboxylic acid groups (broad SMARTS) is 2. The van der Waals surface area contributed by atoms with Crippen molar-refractivity contribution in [1.29, 1.82) is 0 Å². The van der Waals surface area contributed by atoms with Gasteiger partial charge in [0.15, 0.2) is 0 Å². The first-order valence-corrected chi connectivity index (χ1v) is 4.18. The Morgan fingerprint density at radius 1 is 1.50 bits per heavy atom. The number of hydrogen-bond donors (Lipinski definition) is 2. The van der Waals surface area contributed by atoms with Gasteiger partial charge in [-0.15, -0.1) is 11.8 Å². The summed E-state index contributed by atoms with van der Waals surface area (Å²) >= 11 is 1.17. The molecule has 0 aliphatic carbocycles. The van der Waals surface area contributed by atoms with Crippen LogP contribution >= 0.6 is 11.8 Å². The van der Waals surface area contributed by atoms with Gasteiger partial charge in [0.05, 0.1) is 18.0 Å². The van der Waals surface area contributed by atoms with Gasteiger partial charge in [-0.3, -0.25) is 4.90 Å². The van der Waals surface area contributed by atoms with Gasteiger partial charge in [0.2, 0.25) is 0 Å². The summed E-state index contributed by atoms with van der Waals surface area (Å²) in [6.45, 7) is -0.0301. The zero-order valence-electron chi connectivity index (χ0n) is 6.06. The van der Waals surface area contributed by atoms with E-state index >= 15 is 0 Å². The second-order valence-corrected chi connectivity index (χ2v) is 3.05. The van der Waals surface area contributed by atoms with Gasteiger partial charge < -0.3 is 10.2 Å². The molecule has 0 aromatic carbocycles. The number of carboxylic acids is 1. The van der Waals surface area contributed by atoms with E-state index in [1.165, 1.54) is 17.2 Å². The predicted octanol–water partition coefficient (Wildman–Crippen LogP) is 0.639. The summed E-state index contributed by atoms with van der Waals surface area (Å²) in [4.78, 5) is 21.9. The SMILES string of the molecule is O=C(O)C1=CSCN(C(=O)O)C1. The molecule has 6 heteroatoms. The average molecular weight is 189 g/mol. The second-order valence-electron chi connectivity index (χ2n) is 2.22. The summed E-state index contributed by atoms with van der Waals surface area (Å²) in [5.74, 6) is -0.764. The Labute approximate surface area is 72.7 Å². The normalized spacial score (nSPS) is 17.0. The van der Waals surface area contributed by atoms with Gasteiger partial charge in [-0.2, -0.15) is 0 Å². The molecule has 0 saturated heterocycles. The first-order chi connectivity index (χ1) is 5.61. The van der Waals surface area contributed by atoms with E-state index in [1.807, 2.05) is 0 Å². The lowest BCUT2D eigenvalue weighted by molar-refractivity contribution is -0.132. The van der Waals surface area contributed by atoms with E-state index in [-0.39, 0.29) is 12.1 Å². The van der Waals surface area contributed by atoms with Crippen molar-refractivity contribution in [3.8, 4) is 0 Å². The van der Waals surface area contributed by atoms with Crippen molar-refractivity contribution in [3.63, 3.8) is 0 Å². The van der Waals surface area contributed by atoms with E-state index in [2.05, 4.69) is 0 Å².